The number of nitrogens with one attached hydrogen (secondary N) is 2. The van der Waals surface area contributed by atoms with Crippen molar-refractivity contribution in [1.29, 1.82) is 0 Å². The van der Waals surface area contributed by atoms with Crippen molar-refractivity contribution >= 4 is 0 Å². The van der Waals surface area contributed by atoms with Crippen molar-refractivity contribution in [2.24, 2.45) is 0 Å². The molecule has 1 fully saturated rings. The summed E-state index contributed by atoms with van der Waals surface area (Å²) in [5.41, 5.74) is 1.67. The Morgan fingerprint density at radius 1 is 1.55 bits per heavy atom. The number of aromatic amines is 2. The van der Waals surface area contributed by atoms with E-state index in [9.17, 15) is 4.79 Å². The summed E-state index contributed by atoms with van der Waals surface area (Å²) < 4.78 is 5.55. The molecular weight excluding hydrogens is 258 g/mol. The van der Waals surface area contributed by atoms with Crippen LogP contribution in [-0.2, 0) is 11.3 Å². The van der Waals surface area contributed by atoms with Gasteiger partial charge in [-0.05, 0) is 6.92 Å². The molecule has 0 amide bonds. The van der Waals surface area contributed by atoms with Gasteiger partial charge in [0.2, 0.25) is 0 Å². The smallest absolute Gasteiger partial charge is 0.251 e. The zero-order chi connectivity index (χ0) is 13.9. The third-order valence-electron chi connectivity index (χ3n) is 3.39. The SMILES string of the molecule is Cc1nc(C2COCCN2Cc2cnc[nH]2)cc(=O)[nH]1. The molecule has 2 aromatic heterocycles. The van der Waals surface area contributed by atoms with Crippen molar-refractivity contribution in [3.63, 3.8) is 0 Å². The average molecular weight is 275 g/mol. The molecule has 2 N–H and O–H groups in total. The number of H-pyrrole nitrogens is 2. The maximum atomic E-state index is 11.6. The molecule has 3 heterocycles. The zero-order valence-corrected chi connectivity index (χ0v) is 11.3. The minimum Gasteiger partial charge on any atom is -0.378 e. The summed E-state index contributed by atoms with van der Waals surface area (Å²) in [5, 5.41) is 0. The lowest BCUT2D eigenvalue weighted by atomic mass is 10.1. The summed E-state index contributed by atoms with van der Waals surface area (Å²) in [6.07, 6.45) is 3.48. The molecule has 1 unspecified atom stereocenters. The molecule has 2 aromatic rings. The first-order chi connectivity index (χ1) is 9.72. The van der Waals surface area contributed by atoms with Crippen LogP contribution in [0.25, 0.3) is 0 Å². The van der Waals surface area contributed by atoms with Gasteiger partial charge in [0.05, 0.1) is 31.3 Å². The Balaban J connectivity index is 1.86. The number of hydrogen-bond donors (Lipinski definition) is 2. The average Bonchev–Trinajstić information content (AvgIpc) is 2.91. The quantitative estimate of drug-likeness (QED) is 0.845. The Morgan fingerprint density at radius 2 is 2.45 bits per heavy atom. The predicted octanol–water partition coefficient (Wildman–Crippen LogP) is 0.375. The molecule has 106 valence electrons. The van der Waals surface area contributed by atoms with Crippen LogP contribution in [0.2, 0.25) is 0 Å². The van der Waals surface area contributed by atoms with E-state index in [1.54, 1.807) is 19.3 Å². The van der Waals surface area contributed by atoms with Crippen LogP contribution in [-0.4, -0.2) is 44.6 Å². The molecule has 7 nitrogen and oxygen atoms in total. The van der Waals surface area contributed by atoms with E-state index in [0.29, 0.717) is 19.0 Å². The second-order valence-corrected chi connectivity index (χ2v) is 4.89. The Morgan fingerprint density at radius 3 is 3.20 bits per heavy atom. The fourth-order valence-corrected chi connectivity index (χ4v) is 2.46. The van der Waals surface area contributed by atoms with Crippen LogP contribution in [0.4, 0.5) is 0 Å². The molecule has 0 saturated carbocycles. The van der Waals surface area contributed by atoms with Gasteiger partial charge in [0, 0.05) is 31.0 Å². The van der Waals surface area contributed by atoms with E-state index in [1.807, 2.05) is 6.20 Å². The number of ether oxygens (including phenoxy) is 1. The van der Waals surface area contributed by atoms with Gasteiger partial charge in [0.15, 0.2) is 0 Å². The third-order valence-corrected chi connectivity index (χ3v) is 3.39. The summed E-state index contributed by atoms with van der Waals surface area (Å²) in [6, 6.07) is 1.54. The van der Waals surface area contributed by atoms with E-state index in [0.717, 1.165) is 24.5 Å². The lowest BCUT2D eigenvalue weighted by molar-refractivity contribution is -0.0148. The molecule has 1 aliphatic heterocycles. The van der Waals surface area contributed by atoms with Crippen molar-refractivity contribution in [3.8, 4) is 0 Å². The van der Waals surface area contributed by atoms with Crippen LogP contribution in [0.5, 0.6) is 0 Å². The van der Waals surface area contributed by atoms with E-state index in [-0.39, 0.29) is 11.6 Å². The molecular formula is C13H17N5O2. The van der Waals surface area contributed by atoms with Gasteiger partial charge in [-0.2, -0.15) is 0 Å². The molecule has 0 aromatic carbocycles. The second-order valence-electron chi connectivity index (χ2n) is 4.89. The van der Waals surface area contributed by atoms with Gasteiger partial charge in [-0.25, -0.2) is 9.97 Å². The predicted molar refractivity (Wildman–Crippen MR) is 72.2 cm³/mol. The van der Waals surface area contributed by atoms with Gasteiger partial charge in [-0.3, -0.25) is 9.69 Å². The molecule has 20 heavy (non-hydrogen) atoms. The number of aryl methyl sites for hydroxylation is 1. The number of nitrogens with zero attached hydrogens (tertiary/aromatic N) is 3. The fourth-order valence-electron chi connectivity index (χ4n) is 2.46. The molecule has 1 atom stereocenters. The molecule has 0 bridgehead atoms. The van der Waals surface area contributed by atoms with Crippen LogP contribution < -0.4 is 5.56 Å². The summed E-state index contributed by atoms with van der Waals surface area (Å²) in [6.45, 7) is 4.56. The fraction of sp³-hybridized carbons (Fsp3) is 0.462. The van der Waals surface area contributed by atoms with Crippen LogP contribution in [0, 0.1) is 6.92 Å². The number of aromatic nitrogens is 4. The number of rotatable bonds is 3. The van der Waals surface area contributed by atoms with Crippen LogP contribution >= 0.6 is 0 Å². The van der Waals surface area contributed by atoms with Crippen molar-refractivity contribution in [2.75, 3.05) is 19.8 Å². The summed E-state index contributed by atoms with van der Waals surface area (Å²) in [5.74, 6) is 0.625. The topological polar surface area (TPSA) is 86.9 Å². The minimum absolute atomic E-state index is 0.00644. The van der Waals surface area contributed by atoms with E-state index in [4.69, 9.17) is 4.74 Å². The monoisotopic (exact) mass is 275 g/mol. The minimum atomic E-state index is -0.125. The lowest BCUT2D eigenvalue weighted by Gasteiger charge is -2.34. The van der Waals surface area contributed by atoms with Gasteiger partial charge >= 0.3 is 0 Å². The number of morpholine rings is 1. The Labute approximate surface area is 116 Å². The summed E-state index contributed by atoms with van der Waals surface area (Å²) in [4.78, 5) is 28.1. The normalized spacial score (nSPS) is 20.1. The van der Waals surface area contributed by atoms with Gasteiger partial charge in [-0.15, -0.1) is 0 Å². The summed E-state index contributed by atoms with van der Waals surface area (Å²) >= 11 is 0. The highest BCUT2D eigenvalue weighted by Crippen LogP contribution is 2.23. The number of hydrogen-bond acceptors (Lipinski definition) is 5. The highest BCUT2D eigenvalue weighted by molar-refractivity contribution is 5.10. The van der Waals surface area contributed by atoms with Gasteiger partial charge in [0.25, 0.3) is 5.56 Å². The first-order valence-corrected chi connectivity index (χ1v) is 6.59. The van der Waals surface area contributed by atoms with Crippen LogP contribution in [0.15, 0.2) is 23.4 Å². The van der Waals surface area contributed by atoms with E-state index in [2.05, 4.69) is 24.8 Å². The van der Waals surface area contributed by atoms with Crippen molar-refractivity contribution < 1.29 is 4.74 Å². The third kappa shape index (κ3) is 2.78. The van der Waals surface area contributed by atoms with Crippen molar-refractivity contribution in [1.82, 2.24) is 24.8 Å². The van der Waals surface area contributed by atoms with Gasteiger partial charge in [0.1, 0.15) is 5.82 Å². The Kier molecular flexibility index (Phi) is 3.62. The van der Waals surface area contributed by atoms with Gasteiger partial charge < -0.3 is 14.7 Å². The molecule has 0 radical (unpaired) electrons. The first-order valence-electron chi connectivity index (χ1n) is 6.59. The molecule has 1 saturated heterocycles. The number of imidazole rings is 1. The van der Waals surface area contributed by atoms with Crippen molar-refractivity contribution in [2.45, 2.75) is 19.5 Å². The van der Waals surface area contributed by atoms with Crippen LogP contribution in [0.3, 0.4) is 0 Å². The Hall–Kier alpha value is -1.99. The molecule has 0 aliphatic carbocycles. The highest BCUT2D eigenvalue weighted by atomic mass is 16.5. The van der Waals surface area contributed by atoms with Gasteiger partial charge in [-0.1, -0.05) is 0 Å². The largest absolute Gasteiger partial charge is 0.378 e. The van der Waals surface area contributed by atoms with E-state index >= 15 is 0 Å². The van der Waals surface area contributed by atoms with E-state index in [1.165, 1.54) is 0 Å². The maximum Gasteiger partial charge on any atom is 0.251 e. The summed E-state index contributed by atoms with van der Waals surface area (Å²) in [7, 11) is 0. The lowest BCUT2D eigenvalue weighted by Crippen LogP contribution is -2.40. The Bertz CT molecular complexity index is 622. The van der Waals surface area contributed by atoms with Crippen molar-refractivity contribution in [3.05, 3.63) is 46.2 Å². The molecule has 1 aliphatic rings. The molecule has 7 heteroatoms. The standard InChI is InChI=1S/C13H17N5O2/c1-9-16-11(4-13(19)17-9)12-7-20-3-2-18(12)6-10-5-14-8-15-10/h4-5,8,12H,2-3,6-7H2,1H3,(H,14,15)(H,16,17,19). The highest BCUT2D eigenvalue weighted by Gasteiger charge is 2.26. The van der Waals surface area contributed by atoms with Crippen LogP contribution in [0.1, 0.15) is 23.3 Å². The molecule has 3 rings (SSSR count). The van der Waals surface area contributed by atoms with E-state index < -0.39 is 0 Å². The maximum absolute atomic E-state index is 11.6. The second kappa shape index (κ2) is 5.56. The molecule has 0 spiro atoms. The first kappa shape index (κ1) is 13.0. The zero-order valence-electron chi connectivity index (χ0n) is 11.3.